The lowest BCUT2D eigenvalue weighted by Gasteiger charge is -2.36. The van der Waals surface area contributed by atoms with E-state index < -0.39 is 6.04 Å². The zero-order valence-corrected chi connectivity index (χ0v) is 16.6. The first kappa shape index (κ1) is 20.2. The van der Waals surface area contributed by atoms with E-state index in [2.05, 4.69) is 22.5 Å². The lowest BCUT2D eigenvalue weighted by atomic mass is 10.0. The van der Waals surface area contributed by atoms with Crippen LogP contribution in [0, 0.1) is 19.8 Å². The van der Waals surface area contributed by atoms with Crippen molar-refractivity contribution in [3.63, 3.8) is 0 Å². The Balaban J connectivity index is 2.01. The fourth-order valence-electron chi connectivity index (χ4n) is 3.30. The van der Waals surface area contributed by atoms with Crippen LogP contribution in [0.5, 0.6) is 0 Å². The standard InChI is InChI=1S/C20H32N4O2/c1-6-23-10-12-24(13-11-23)19(25)17(14(2)3)21-20(26)22-18-15(4)8-7-9-16(18)5/h7-9,14,17H,6,10-13H2,1-5H3,(H2,21,22,26). The van der Waals surface area contributed by atoms with E-state index in [9.17, 15) is 9.59 Å². The number of aryl methyl sites for hydroxylation is 2. The summed E-state index contributed by atoms with van der Waals surface area (Å²) in [7, 11) is 0. The SMILES string of the molecule is CCN1CCN(C(=O)C(NC(=O)Nc2c(C)cccc2C)C(C)C)CC1. The second kappa shape index (κ2) is 9.03. The Bertz CT molecular complexity index is 616. The molecule has 0 bridgehead atoms. The molecule has 1 aliphatic rings. The number of amides is 3. The van der Waals surface area contributed by atoms with E-state index in [0.717, 1.165) is 49.5 Å². The Hall–Kier alpha value is -2.08. The van der Waals surface area contributed by atoms with Crippen LogP contribution in [0.1, 0.15) is 31.9 Å². The molecule has 1 fully saturated rings. The quantitative estimate of drug-likeness (QED) is 0.848. The van der Waals surface area contributed by atoms with Crippen LogP contribution in [-0.2, 0) is 4.79 Å². The molecule has 144 valence electrons. The first-order valence-electron chi connectivity index (χ1n) is 9.48. The zero-order valence-electron chi connectivity index (χ0n) is 16.6. The van der Waals surface area contributed by atoms with Gasteiger partial charge in [-0.3, -0.25) is 4.79 Å². The molecule has 1 heterocycles. The molecule has 26 heavy (non-hydrogen) atoms. The van der Waals surface area contributed by atoms with Crippen molar-refractivity contribution < 1.29 is 9.59 Å². The largest absolute Gasteiger partial charge is 0.338 e. The summed E-state index contributed by atoms with van der Waals surface area (Å²) in [4.78, 5) is 29.6. The number of nitrogens with zero attached hydrogens (tertiary/aromatic N) is 2. The lowest BCUT2D eigenvalue weighted by molar-refractivity contribution is -0.136. The Labute approximate surface area is 156 Å². The minimum Gasteiger partial charge on any atom is -0.338 e. The second-order valence-electron chi connectivity index (χ2n) is 7.35. The molecule has 1 unspecified atom stereocenters. The fourth-order valence-corrected chi connectivity index (χ4v) is 3.30. The van der Waals surface area contributed by atoms with Crippen LogP contribution in [0.4, 0.5) is 10.5 Å². The molecule has 3 amide bonds. The normalized spacial score (nSPS) is 16.5. The third-order valence-corrected chi connectivity index (χ3v) is 5.07. The van der Waals surface area contributed by atoms with Gasteiger partial charge in [0.05, 0.1) is 0 Å². The third-order valence-electron chi connectivity index (χ3n) is 5.07. The van der Waals surface area contributed by atoms with Gasteiger partial charge in [-0.1, -0.05) is 39.0 Å². The minimum absolute atomic E-state index is 0.00686. The van der Waals surface area contributed by atoms with Crippen LogP contribution in [0.25, 0.3) is 0 Å². The maximum Gasteiger partial charge on any atom is 0.319 e. The molecule has 6 nitrogen and oxygen atoms in total. The van der Waals surface area contributed by atoms with Gasteiger partial charge in [-0.05, 0) is 37.4 Å². The monoisotopic (exact) mass is 360 g/mol. The highest BCUT2D eigenvalue weighted by molar-refractivity contribution is 5.95. The number of piperazine rings is 1. The van der Waals surface area contributed by atoms with Crippen molar-refractivity contribution in [2.75, 3.05) is 38.0 Å². The summed E-state index contributed by atoms with van der Waals surface area (Å²) in [5, 5.41) is 5.80. The van der Waals surface area contributed by atoms with E-state index >= 15 is 0 Å². The number of nitrogens with one attached hydrogen (secondary N) is 2. The number of rotatable bonds is 5. The highest BCUT2D eigenvalue weighted by Gasteiger charge is 2.30. The molecule has 0 aliphatic carbocycles. The summed E-state index contributed by atoms with van der Waals surface area (Å²) in [6.45, 7) is 14.2. The Kier molecular flexibility index (Phi) is 7.03. The summed E-state index contributed by atoms with van der Waals surface area (Å²) < 4.78 is 0. The van der Waals surface area contributed by atoms with E-state index in [0.29, 0.717) is 0 Å². The Morgan fingerprint density at radius 1 is 1.08 bits per heavy atom. The molecular weight excluding hydrogens is 328 g/mol. The van der Waals surface area contributed by atoms with E-state index in [1.807, 2.05) is 50.8 Å². The molecule has 2 rings (SSSR count). The van der Waals surface area contributed by atoms with Gasteiger partial charge in [0.2, 0.25) is 5.91 Å². The van der Waals surface area contributed by atoms with Crippen LogP contribution < -0.4 is 10.6 Å². The van der Waals surface area contributed by atoms with E-state index in [1.54, 1.807) is 0 Å². The van der Waals surface area contributed by atoms with Crippen LogP contribution in [-0.4, -0.2) is 60.5 Å². The smallest absolute Gasteiger partial charge is 0.319 e. The van der Waals surface area contributed by atoms with Gasteiger partial charge in [0.1, 0.15) is 6.04 Å². The lowest BCUT2D eigenvalue weighted by Crippen LogP contribution is -2.56. The maximum absolute atomic E-state index is 12.9. The van der Waals surface area contributed by atoms with Crippen LogP contribution in [0.15, 0.2) is 18.2 Å². The highest BCUT2D eigenvalue weighted by atomic mass is 16.2. The molecule has 0 spiro atoms. The summed E-state index contributed by atoms with van der Waals surface area (Å²) in [6.07, 6.45) is 0. The van der Waals surface area contributed by atoms with Crippen molar-refractivity contribution in [1.29, 1.82) is 0 Å². The first-order valence-corrected chi connectivity index (χ1v) is 9.48. The second-order valence-corrected chi connectivity index (χ2v) is 7.35. The maximum atomic E-state index is 12.9. The Morgan fingerprint density at radius 3 is 2.15 bits per heavy atom. The minimum atomic E-state index is -0.521. The first-order chi connectivity index (χ1) is 12.3. The molecule has 0 saturated carbocycles. The average molecular weight is 361 g/mol. The molecule has 0 aromatic heterocycles. The van der Waals surface area contributed by atoms with Crippen LogP contribution >= 0.6 is 0 Å². The van der Waals surface area contributed by atoms with Crippen LogP contribution in [0.2, 0.25) is 0 Å². The Morgan fingerprint density at radius 2 is 1.65 bits per heavy atom. The number of para-hydroxylation sites is 1. The molecule has 2 N–H and O–H groups in total. The van der Waals surface area contributed by atoms with Crippen molar-refractivity contribution >= 4 is 17.6 Å². The molecule has 1 aromatic rings. The van der Waals surface area contributed by atoms with E-state index in [1.165, 1.54) is 0 Å². The summed E-state index contributed by atoms with van der Waals surface area (Å²) in [6, 6.07) is 5.03. The zero-order chi connectivity index (χ0) is 19.3. The highest BCUT2D eigenvalue weighted by Crippen LogP contribution is 2.19. The topological polar surface area (TPSA) is 64.7 Å². The molecule has 1 aliphatic heterocycles. The van der Waals surface area contributed by atoms with E-state index in [4.69, 9.17) is 0 Å². The summed E-state index contributed by atoms with van der Waals surface area (Å²) >= 11 is 0. The van der Waals surface area contributed by atoms with E-state index in [-0.39, 0.29) is 17.9 Å². The molecular formula is C20H32N4O2. The average Bonchev–Trinajstić information content (AvgIpc) is 2.62. The van der Waals surface area contributed by atoms with Crippen molar-refractivity contribution in [2.45, 2.75) is 40.7 Å². The number of urea groups is 1. The predicted molar refractivity (Wildman–Crippen MR) is 105 cm³/mol. The van der Waals surface area contributed by atoms with Crippen LogP contribution in [0.3, 0.4) is 0 Å². The van der Waals surface area contributed by atoms with Gasteiger partial charge in [0.15, 0.2) is 0 Å². The number of carbonyl (C=O) groups excluding carboxylic acids is 2. The van der Waals surface area contributed by atoms with Gasteiger partial charge >= 0.3 is 6.03 Å². The number of benzene rings is 1. The predicted octanol–water partition coefficient (Wildman–Crippen LogP) is 2.61. The molecule has 1 aromatic carbocycles. The molecule has 0 radical (unpaired) electrons. The fraction of sp³-hybridized carbons (Fsp3) is 0.600. The third kappa shape index (κ3) is 4.97. The van der Waals surface area contributed by atoms with Gasteiger partial charge in [0.25, 0.3) is 0 Å². The van der Waals surface area contributed by atoms with Crippen molar-refractivity contribution in [2.24, 2.45) is 5.92 Å². The number of likely N-dealkylation sites (N-methyl/N-ethyl adjacent to an activating group) is 1. The number of carbonyl (C=O) groups is 2. The number of anilines is 1. The van der Waals surface area contributed by atoms with Gasteiger partial charge in [-0.2, -0.15) is 0 Å². The molecule has 6 heteroatoms. The number of hydrogen-bond acceptors (Lipinski definition) is 3. The van der Waals surface area contributed by atoms with Gasteiger partial charge in [-0.15, -0.1) is 0 Å². The van der Waals surface area contributed by atoms with Gasteiger partial charge in [0, 0.05) is 31.9 Å². The molecule has 1 saturated heterocycles. The van der Waals surface area contributed by atoms with Gasteiger partial charge < -0.3 is 20.4 Å². The summed E-state index contributed by atoms with van der Waals surface area (Å²) in [5.41, 5.74) is 2.81. The van der Waals surface area contributed by atoms with Crippen molar-refractivity contribution in [3.05, 3.63) is 29.3 Å². The van der Waals surface area contributed by atoms with Gasteiger partial charge in [-0.25, -0.2) is 4.79 Å². The van der Waals surface area contributed by atoms with Crippen molar-refractivity contribution in [3.8, 4) is 0 Å². The molecule has 1 atom stereocenters. The van der Waals surface area contributed by atoms with Crippen molar-refractivity contribution in [1.82, 2.24) is 15.1 Å². The summed E-state index contributed by atoms with van der Waals surface area (Å²) in [5.74, 6) is 0.0304. The number of hydrogen-bond donors (Lipinski definition) is 2.